The number of likely N-dealkylation sites (tertiary alicyclic amines) is 1. The lowest BCUT2D eigenvalue weighted by Crippen LogP contribution is -2.38. The van der Waals surface area contributed by atoms with Crippen LogP contribution in [0.25, 0.3) is 11.1 Å². The predicted octanol–water partition coefficient (Wildman–Crippen LogP) is 4.73. The Hall–Kier alpha value is -3.00. The molecule has 0 spiro atoms. The van der Waals surface area contributed by atoms with Crippen molar-refractivity contribution < 1.29 is 18.3 Å². The van der Waals surface area contributed by atoms with Gasteiger partial charge in [-0.15, -0.1) is 0 Å². The molecular formula is C24H31FN4O3. The van der Waals surface area contributed by atoms with Crippen LogP contribution in [0, 0.1) is 12.7 Å². The largest absolute Gasteiger partial charge is 0.491 e. The molecule has 3 aromatic rings. The number of nitrogens with zero attached hydrogens (tertiary/aromatic N) is 2. The van der Waals surface area contributed by atoms with E-state index >= 15 is 0 Å². The van der Waals surface area contributed by atoms with E-state index in [-0.39, 0.29) is 17.5 Å². The Balaban J connectivity index is 1.37. The molecule has 0 unspecified atom stereocenters. The Labute approximate surface area is 187 Å². The molecule has 172 valence electrons. The summed E-state index contributed by atoms with van der Waals surface area (Å²) in [5.41, 5.74) is 10.1. The van der Waals surface area contributed by atoms with Crippen LogP contribution in [0.5, 0.6) is 11.5 Å². The van der Waals surface area contributed by atoms with Crippen molar-refractivity contribution in [3.05, 3.63) is 41.2 Å². The molecule has 0 aliphatic carbocycles. The van der Waals surface area contributed by atoms with Crippen LogP contribution >= 0.6 is 0 Å². The average molecular weight is 443 g/mol. The quantitative estimate of drug-likeness (QED) is 0.488. The highest BCUT2D eigenvalue weighted by Gasteiger charge is 2.22. The predicted molar refractivity (Wildman–Crippen MR) is 124 cm³/mol. The summed E-state index contributed by atoms with van der Waals surface area (Å²) in [4.78, 5) is 6.94. The number of piperidine rings is 1. The molecule has 0 saturated carbocycles. The van der Waals surface area contributed by atoms with Crippen molar-refractivity contribution in [1.82, 2.24) is 9.88 Å². The molecule has 0 atom stereocenters. The number of hydrogen-bond acceptors (Lipinski definition) is 7. The number of nitrogens with one attached hydrogen (secondary N) is 1. The van der Waals surface area contributed by atoms with Gasteiger partial charge in [0, 0.05) is 36.9 Å². The number of oxazole rings is 1. The minimum Gasteiger partial charge on any atom is -0.491 e. The zero-order valence-corrected chi connectivity index (χ0v) is 18.9. The first-order valence-corrected chi connectivity index (χ1v) is 11.2. The smallest absolute Gasteiger partial charge is 0.295 e. The van der Waals surface area contributed by atoms with E-state index in [0.717, 1.165) is 48.2 Å². The van der Waals surface area contributed by atoms with E-state index in [2.05, 4.69) is 15.2 Å². The van der Waals surface area contributed by atoms with Crippen molar-refractivity contribution in [3.8, 4) is 11.5 Å². The van der Waals surface area contributed by atoms with Gasteiger partial charge < -0.3 is 24.9 Å². The number of nitrogens with two attached hydrogens (primary N) is 1. The molecule has 2 aromatic carbocycles. The first-order chi connectivity index (χ1) is 15.5. The van der Waals surface area contributed by atoms with Gasteiger partial charge >= 0.3 is 0 Å². The third-order valence-electron chi connectivity index (χ3n) is 5.84. The SMILES string of the molecule is CCOc1cc(CN2CCC(Nc3nc4c(C)c(N)ccc4o3)CC2)cc(OCC)c1F. The summed E-state index contributed by atoms with van der Waals surface area (Å²) in [6, 6.07) is 8.07. The fraction of sp³-hybridized carbons (Fsp3) is 0.458. The second-order valence-electron chi connectivity index (χ2n) is 8.11. The molecule has 7 nitrogen and oxygen atoms in total. The van der Waals surface area contributed by atoms with E-state index in [1.54, 1.807) is 12.1 Å². The van der Waals surface area contributed by atoms with E-state index in [1.807, 2.05) is 32.9 Å². The molecule has 1 fully saturated rings. The average Bonchev–Trinajstić information content (AvgIpc) is 3.19. The molecule has 1 aromatic heterocycles. The molecule has 0 bridgehead atoms. The summed E-state index contributed by atoms with van der Waals surface area (Å²) < 4.78 is 31.3. The van der Waals surface area contributed by atoms with Crippen molar-refractivity contribution in [3.63, 3.8) is 0 Å². The molecule has 0 radical (unpaired) electrons. The fourth-order valence-electron chi connectivity index (χ4n) is 4.11. The van der Waals surface area contributed by atoms with Gasteiger partial charge in [0.2, 0.25) is 5.82 Å². The van der Waals surface area contributed by atoms with E-state index in [9.17, 15) is 4.39 Å². The lowest BCUT2D eigenvalue weighted by Gasteiger charge is -2.32. The van der Waals surface area contributed by atoms with Gasteiger partial charge in [-0.2, -0.15) is 9.37 Å². The van der Waals surface area contributed by atoms with Crippen LogP contribution in [0.3, 0.4) is 0 Å². The number of fused-ring (bicyclic) bond motifs is 1. The van der Waals surface area contributed by atoms with Gasteiger partial charge in [-0.1, -0.05) is 0 Å². The van der Waals surface area contributed by atoms with Crippen molar-refractivity contribution in [1.29, 1.82) is 0 Å². The first-order valence-electron chi connectivity index (χ1n) is 11.2. The zero-order chi connectivity index (χ0) is 22.7. The monoisotopic (exact) mass is 442 g/mol. The summed E-state index contributed by atoms with van der Waals surface area (Å²) in [6.07, 6.45) is 1.91. The molecule has 2 heterocycles. The topological polar surface area (TPSA) is 85.8 Å². The lowest BCUT2D eigenvalue weighted by atomic mass is 10.0. The normalized spacial score (nSPS) is 15.2. The number of aromatic nitrogens is 1. The van der Waals surface area contributed by atoms with Crippen LogP contribution in [0.2, 0.25) is 0 Å². The molecule has 0 amide bonds. The molecule has 1 aliphatic heterocycles. The maximum Gasteiger partial charge on any atom is 0.295 e. The summed E-state index contributed by atoms with van der Waals surface area (Å²) >= 11 is 0. The Bertz CT molecular complexity index is 1050. The summed E-state index contributed by atoms with van der Waals surface area (Å²) in [5, 5.41) is 3.43. The van der Waals surface area contributed by atoms with Gasteiger partial charge in [0.1, 0.15) is 5.52 Å². The highest BCUT2D eigenvalue weighted by molar-refractivity contribution is 5.83. The maximum absolute atomic E-state index is 14.5. The molecule has 1 aliphatic rings. The molecule has 3 N–H and O–H groups in total. The Morgan fingerprint density at radius 2 is 1.81 bits per heavy atom. The molecule has 32 heavy (non-hydrogen) atoms. The summed E-state index contributed by atoms with van der Waals surface area (Å²) in [6.45, 7) is 9.00. The molecular weight excluding hydrogens is 411 g/mol. The van der Waals surface area contributed by atoms with Crippen molar-refractivity contribution >= 4 is 22.8 Å². The van der Waals surface area contributed by atoms with E-state index in [4.69, 9.17) is 19.6 Å². The highest BCUT2D eigenvalue weighted by Crippen LogP contribution is 2.31. The molecule has 1 saturated heterocycles. The third-order valence-corrected chi connectivity index (χ3v) is 5.84. The van der Waals surface area contributed by atoms with Gasteiger partial charge in [0.25, 0.3) is 6.01 Å². The number of nitrogen functional groups attached to an aromatic ring is 1. The van der Waals surface area contributed by atoms with Crippen LogP contribution in [0.15, 0.2) is 28.7 Å². The number of benzene rings is 2. The second-order valence-corrected chi connectivity index (χ2v) is 8.11. The maximum atomic E-state index is 14.5. The number of hydrogen-bond donors (Lipinski definition) is 2. The van der Waals surface area contributed by atoms with Gasteiger partial charge in [-0.05, 0) is 63.4 Å². The zero-order valence-electron chi connectivity index (χ0n) is 18.9. The van der Waals surface area contributed by atoms with Crippen LogP contribution in [0.1, 0.15) is 37.8 Å². The number of ether oxygens (including phenoxy) is 2. The Morgan fingerprint density at radius 1 is 1.16 bits per heavy atom. The molecule has 8 heteroatoms. The third kappa shape index (κ3) is 4.75. The van der Waals surface area contributed by atoms with Crippen LogP contribution in [0.4, 0.5) is 16.1 Å². The van der Waals surface area contributed by atoms with E-state index in [1.165, 1.54) is 0 Å². The number of anilines is 2. The number of rotatable bonds is 8. The minimum atomic E-state index is -0.435. The first kappa shape index (κ1) is 22.2. The summed E-state index contributed by atoms with van der Waals surface area (Å²) in [5.74, 6) is 0.0597. The lowest BCUT2D eigenvalue weighted by molar-refractivity contribution is 0.209. The van der Waals surface area contributed by atoms with Gasteiger partial charge in [-0.3, -0.25) is 4.90 Å². The standard InChI is InChI=1S/C24H31FN4O3/c1-4-30-20-12-16(13-21(22(20)25)31-5-2)14-29-10-8-17(9-11-29)27-24-28-23-15(3)18(26)6-7-19(23)32-24/h6-7,12-13,17H,4-5,8-11,14,26H2,1-3H3,(H,27,28). The second kappa shape index (κ2) is 9.65. The van der Waals surface area contributed by atoms with Gasteiger partial charge in [-0.25, -0.2) is 0 Å². The highest BCUT2D eigenvalue weighted by atomic mass is 19.1. The molecule has 4 rings (SSSR count). The van der Waals surface area contributed by atoms with Crippen LogP contribution in [-0.4, -0.2) is 42.2 Å². The van der Waals surface area contributed by atoms with Crippen molar-refractivity contribution in [2.75, 3.05) is 37.4 Å². The van der Waals surface area contributed by atoms with Gasteiger partial charge in [0.05, 0.1) is 13.2 Å². The van der Waals surface area contributed by atoms with E-state index < -0.39 is 5.82 Å². The van der Waals surface area contributed by atoms with Crippen molar-refractivity contribution in [2.45, 2.75) is 46.2 Å². The number of halogens is 1. The number of aryl methyl sites for hydroxylation is 1. The minimum absolute atomic E-state index is 0.247. The summed E-state index contributed by atoms with van der Waals surface area (Å²) in [7, 11) is 0. The fourth-order valence-corrected chi connectivity index (χ4v) is 4.11. The van der Waals surface area contributed by atoms with Gasteiger partial charge in [0.15, 0.2) is 17.1 Å². The van der Waals surface area contributed by atoms with Crippen LogP contribution < -0.4 is 20.5 Å². The van der Waals surface area contributed by atoms with Crippen LogP contribution in [-0.2, 0) is 6.54 Å². The Kier molecular flexibility index (Phi) is 6.69. The van der Waals surface area contributed by atoms with E-state index in [0.29, 0.717) is 31.5 Å². The Morgan fingerprint density at radius 3 is 2.44 bits per heavy atom. The van der Waals surface area contributed by atoms with Crippen molar-refractivity contribution in [2.24, 2.45) is 0 Å².